The number of anilines is 1. The van der Waals surface area contributed by atoms with E-state index in [2.05, 4.69) is 5.32 Å². The van der Waals surface area contributed by atoms with E-state index in [9.17, 15) is 9.59 Å². The molecule has 1 aromatic carbocycles. The molecule has 0 spiro atoms. The van der Waals surface area contributed by atoms with Crippen molar-refractivity contribution in [2.45, 2.75) is 52.1 Å². The average Bonchev–Trinajstić information content (AvgIpc) is 2.35. The number of nitrogens with one attached hydrogen (secondary N) is 1. The molecular weight excluding hydrogens is 270 g/mol. The minimum Gasteiger partial charge on any atom is -0.486 e. The van der Waals surface area contributed by atoms with Crippen molar-refractivity contribution in [1.29, 1.82) is 0 Å². The number of carbonyl (C=O) groups excluding carboxylic acids is 1. The highest BCUT2D eigenvalue weighted by atomic mass is 16.5. The maximum Gasteiger partial charge on any atom is 0.303 e. The molecule has 1 amide bonds. The van der Waals surface area contributed by atoms with Crippen LogP contribution in [-0.2, 0) is 9.59 Å². The summed E-state index contributed by atoms with van der Waals surface area (Å²) in [7, 11) is 0. The molecule has 1 rings (SSSR count). The Labute approximate surface area is 125 Å². The van der Waals surface area contributed by atoms with E-state index in [4.69, 9.17) is 9.84 Å². The zero-order valence-electron chi connectivity index (χ0n) is 12.8. The second-order valence-electron chi connectivity index (χ2n) is 5.86. The van der Waals surface area contributed by atoms with E-state index < -0.39 is 5.97 Å². The highest BCUT2D eigenvalue weighted by Gasteiger charge is 2.15. The summed E-state index contributed by atoms with van der Waals surface area (Å²) in [5, 5.41) is 11.4. The summed E-state index contributed by atoms with van der Waals surface area (Å²) in [5.41, 5.74) is 0.290. The maximum atomic E-state index is 11.9. The Morgan fingerprint density at radius 2 is 1.76 bits per heavy atom. The number of para-hydroxylation sites is 2. The Kier molecular flexibility index (Phi) is 6.21. The van der Waals surface area contributed by atoms with Gasteiger partial charge in [0.2, 0.25) is 5.91 Å². The third-order valence-corrected chi connectivity index (χ3v) is 2.62. The van der Waals surface area contributed by atoms with Crippen molar-refractivity contribution in [3.63, 3.8) is 0 Å². The van der Waals surface area contributed by atoms with Crippen LogP contribution in [0.4, 0.5) is 5.69 Å². The molecule has 0 aromatic heterocycles. The first-order chi connectivity index (χ1) is 9.78. The normalized spacial score (nSPS) is 11.0. The Bertz CT molecular complexity index is 491. The third kappa shape index (κ3) is 7.34. The molecular formula is C16H23NO4. The molecule has 0 aliphatic carbocycles. The molecule has 0 aliphatic rings. The van der Waals surface area contributed by atoms with Gasteiger partial charge in [-0.25, -0.2) is 0 Å². The number of unbranched alkanes of at least 4 members (excludes halogenated alkanes) is 1. The highest BCUT2D eigenvalue weighted by Crippen LogP contribution is 2.27. The summed E-state index contributed by atoms with van der Waals surface area (Å²) in [6.07, 6.45) is 1.46. The van der Waals surface area contributed by atoms with Crippen molar-refractivity contribution >= 4 is 17.6 Å². The van der Waals surface area contributed by atoms with Crippen molar-refractivity contribution in [1.82, 2.24) is 0 Å². The van der Waals surface area contributed by atoms with Gasteiger partial charge in [-0.3, -0.25) is 9.59 Å². The van der Waals surface area contributed by atoms with Gasteiger partial charge in [-0.15, -0.1) is 0 Å². The molecule has 0 bridgehead atoms. The van der Waals surface area contributed by atoms with Gasteiger partial charge in [0, 0.05) is 12.8 Å². The molecule has 0 fully saturated rings. The van der Waals surface area contributed by atoms with Crippen molar-refractivity contribution in [3.8, 4) is 5.75 Å². The van der Waals surface area contributed by atoms with Crippen LogP contribution < -0.4 is 10.1 Å². The quantitative estimate of drug-likeness (QED) is 0.755. The van der Waals surface area contributed by atoms with Crippen molar-refractivity contribution in [2.75, 3.05) is 5.32 Å². The van der Waals surface area contributed by atoms with Gasteiger partial charge in [0.1, 0.15) is 11.4 Å². The van der Waals surface area contributed by atoms with Gasteiger partial charge in [-0.05, 0) is 45.7 Å². The van der Waals surface area contributed by atoms with Crippen LogP contribution in [0.25, 0.3) is 0 Å². The second-order valence-corrected chi connectivity index (χ2v) is 5.86. The lowest BCUT2D eigenvalue weighted by Crippen LogP contribution is -2.24. The van der Waals surface area contributed by atoms with E-state index >= 15 is 0 Å². The van der Waals surface area contributed by atoms with Gasteiger partial charge in [0.05, 0.1) is 5.69 Å². The molecule has 5 heteroatoms. The lowest BCUT2D eigenvalue weighted by Gasteiger charge is -2.23. The Morgan fingerprint density at radius 1 is 1.14 bits per heavy atom. The summed E-state index contributed by atoms with van der Waals surface area (Å²) in [5.74, 6) is -0.339. The van der Waals surface area contributed by atoms with Crippen LogP contribution in [0, 0.1) is 0 Å². The number of carboxylic acid groups (broad SMARTS) is 1. The highest BCUT2D eigenvalue weighted by molar-refractivity contribution is 5.92. The smallest absolute Gasteiger partial charge is 0.303 e. The Morgan fingerprint density at radius 3 is 2.38 bits per heavy atom. The van der Waals surface area contributed by atoms with Crippen LogP contribution in [0.3, 0.4) is 0 Å². The predicted molar refractivity (Wildman–Crippen MR) is 81.6 cm³/mol. The summed E-state index contributed by atoms with van der Waals surface area (Å²) in [6.45, 7) is 5.83. The summed E-state index contributed by atoms with van der Waals surface area (Å²) in [6, 6.07) is 7.28. The van der Waals surface area contributed by atoms with Gasteiger partial charge < -0.3 is 15.2 Å². The van der Waals surface area contributed by atoms with Crippen molar-refractivity contribution < 1.29 is 19.4 Å². The first-order valence-electron chi connectivity index (χ1n) is 7.07. The number of hydrogen-bond donors (Lipinski definition) is 2. The van der Waals surface area contributed by atoms with Crippen LogP contribution in [-0.4, -0.2) is 22.6 Å². The van der Waals surface area contributed by atoms with E-state index in [1.54, 1.807) is 6.07 Å². The molecule has 0 aliphatic heterocycles. The fourth-order valence-corrected chi connectivity index (χ4v) is 1.76. The first kappa shape index (κ1) is 17.0. The number of carbonyl (C=O) groups is 2. The molecule has 5 nitrogen and oxygen atoms in total. The van der Waals surface area contributed by atoms with E-state index in [0.717, 1.165) is 0 Å². The SMILES string of the molecule is CC(C)(C)Oc1ccccc1NC(=O)CCCCC(=O)O. The molecule has 0 atom stereocenters. The molecule has 0 radical (unpaired) electrons. The van der Waals surface area contributed by atoms with Gasteiger partial charge >= 0.3 is 5.97 Å². The number of rotatable bonds is 7. The molecule has 0 saturated heterocycles. The number of amides is 1. The monoisotopic (exact) mass is 293 g/mol. The Hall–Kier alpha value is -2.04. The number of aliphatic carboxylic acids is 1. The number of benzene rings is 1. The van der Waals surface area contributed by atoms with Crippen molar-refractivity contribution in [2.24, 2.45) is 0 Å². The minimum absolute atomic E-state index is 0.0942. The average molecular weight is 293 g/mol. The van der Waals surface area contributed by atoms with E-state index in [0.29, 0.717) is 30.7 Å². The van der Waals surface area contributed by atoms with Crippen LogP contribution in [0.5, 0.6) is 5.75 Å². The van der Waals surface area contributed by atoms with Gasteiger partial charge in [0.15, 0.2) is 0 Å². The summed E-state index contributed by atoms with van der Waals surface area (Å²) < 4.78 is 5.80. The third-order valence-electron chi connectivity index (χ3n) is 2.62. The molecule has 21 heavy (non-hydrogen) atoms. The zero-order chi connectivity index (χ0) is 15.9. The summed E-state index contributed by atoms with van der Waals surface area (Å²) >= 11 is 0. The second kappa shape index (κ2) is 7.67. The number of carboxylic acids is 1. The molecule has 1 aromatic rings. The molecule has 2 N–H and O–H groups in total. The fourth-order valence-electron chi connectivity index (χ4n) is 1.76. The van der Waals surface area contributed by atoms with Gasteiger partial charge in [-0.2, -0.15) is 0 Å². The molecule has 0 saturated carbocycles. The van der Waals surface area contributed by atoms with E-state index in [1.165, 1.54) is 0 Å². The summed E-state index contributed by atoms with van der Waals surface area (Å²) in [4.78, 5) is 22.3. The molecule has 0 unspecified atom stereocenters. The standard InChI is InChI=1S/C16H23NO4/c1-16(2,3)21-13-9-5-4-8-12(13)17-14(18)10-6-7-11-15(19)20/h4-5,8-9H,6-7,10-11H2,1-3H3,(H,17,18)(H,19,20). The predicted octanol–water partition coefficient (Wildman–Crippen LogP) is 3.45. The first-order valence-corrected chi connectivity index (χ1v) is 7.07. The molecule has 0 heterocycles. The van der Waals surface area contributed by atoms with Gasteiger partial charge in [0.25, 0.3) is 0 Å². The zero-order valence-corrected chi connectivity index (χ0v) is 12.8. The number of hydrogen-bond acceptors (Lipinski definition) is 3. The fraction of sp³-hybridized carbons (Fsp3) is 0.500. The Balaban J connectivity index is 2.54. The number of ether oxygens (including phenoxy) is 1. The van der Waals surface area contributed by atoms with Crippen LogP contribution in [0.2, 0.25) is 0 Å². The van der Waals surface area contributed by atoms with E-state index in [1.807, 2.05) is 39.0 Å². The lowest BCUT2D eigenvalue weighted by atomic mass is 10.1. The van der Waals surface area contributed by atoms with Gasteiger partial charge in [-0.1, -0.05) is 12.1 Å². The largest absolute Gasteiger partial charge is 0.486 e. The van der Waals surface area contributed by atoms with Crippen LogP contribution >= 0.6 is 0 Å². The maximum absolute atomic E-state index is 11.9. The minimum atomic E-state index is -0.834. The molecule has 116 valence electrons. The van der Waals surface area contributed by atoms with E-state index in [-0.39, 0.29) is 17.9 Å². The van der Waals surface area contributed by atoms with Crippen LogP contribution in [0.1, 0.15) is 46.5 Å². The van der Waals surface area contributed by atoms with Crippen LogP contribution in [0.15, 0.2) is 24.3 Å². The lowest BCUT2D eigenvalue weighted by molar-refractivity contribution is -0.137. The topological polar surface area (TPSA) is 75.6 Å². The van der Waals surface area contributed by atoms with Crippen molar-refractivity contribution in [3.05, 3.63) is 24.3 Å².